The largest absolute Gasteiger partial charge is 0.478 e. The quantitative estimate of drug-likeness (QED) is 0.607. The highest BCUT2D eigenvalue weighted by Crippen LogP contribution is 1.87. The summed E-state index contributed by atoms with van der Waals surface area (Å²) in [6.45, 7) is 3.79. The maximum atomic E-state index is 10.9. The van der Waals surface area contributed by atoms with E-state index in [0.29, 0.717) is 0 Å². The molecule has 4 heteroatoms. The number of aliphatic carboxylic acids is 1. The van der Waals surface area contributed by atoms with Gasteiger partial charge >= 0.3 is 5.97 Å². The van der Waals surface area contributed by atoms with Crippen LogP contribution in [-0.2, 0) is 9.59 Å². The van der Waals surface area contributed by atoms with Crippen LogP contribution in [0.25, 0.3) is 0 Å². The first-order valence-corrected chi connectivity index (χ1v) is 3.77. The third-order valence-electron chi connectivity index (χ3n) is 1.38. The van der Waals surface area contributed by atoms with Gasteiger partial charge in [0.15, 0.2) is 0 Å². The maximum absolute atomic E-state index is 10.9. The van der Waals surface area contributed by atoms with Crippen LogP contribution in [0.3, 0.4) is 0 Å². The van der Waals surface area contributed by atoms with Crippen molar-refractivity contribution in [3.63, 3.8) is 0 Å². The van der Waals surface area contributed by atoms with Crippen LogP contribution in [0.1, 0.15) is 20.3 Å². The lowest BCUT2D eigenvalue weighted by molar-refractivity contribution is -0.131. The highest BCUT2D eigenvalue weighted by atomic mass is 16.4. The summed E-state index contributed by atoms with van der Waals surface area (Å²) in [5.41, 5.74) is 0. The Balaban J connectivity index is 3.81. The molecule has 0 aliphatic heterocycles. The Labute approximate surface area is 71.3 Å². The third kappa shape index (κ3) is 5.46. The van der Waals surface area contributed by atoms with E-state index in [9.17, 15) is 9.59 Å². The van der Waals surface area contributed by atoms with Gasteiger partial charge in [-0.3, -0.25) is 4.79 Å². The van der Waals surface area contributed by atoms with Crippen LogP contribution in [0.15, 0.2) is 12.2 Å². The number of hydrogen-bond donors (Lipinski definition) is 2. The molecule has 0 rings (SSSR count). The van der Waals surface area contributed by atoms with Crippen molar-refractivity contribution >= 4 is 11.9 Å². The minimum absolute atomic E-state index is 0.0796. The Morgan fingerprint density at radius 1 is 1.50 bits per heavy atom. The summed E-state index contributed by atoms with van der Waals surface area (Å²) in [6, 6.07) is 0.0796. The molecule has 0 radical (unpaired) electrons. The molecule has 0 aromatic rings. The van der Waals surface area contributed by atoms with Crippen LogP contribution in [0.2, 0.25) is 0 Å². The number of carbonyl (C=O) groups is 2. The average Bonchev–Trinajstić information content (AvgIpc) is 2.00. The molecule has 12 heavy (non-hydrogen) atoms. The Bertz CT molecular complexity index is 198. The summed E-state index contributed by atoms with van der Waals surface area (Å²) in [4.78, 5) is 20.8. The van der Waals surface area contributed by atoms with Gasteiger partial charge in [-0.2, -0.15) is 0 Å². The fraction of sp³-hybridized carbons (Fsp3) is 0.500. The van der Waals surface area contributed by atoms with Gasteiger partial charge in [-0.05, 0) is 13.3 Å². The second-order valence-electron chi connectivity index (χ2n) is 2.49. The molecule has 0 saturated heterocycles. The number of hydrogen-bond acceptors (Lipinski definition) is 2. The van der Waals surface area contributed by atoms with Crippen molar-refractivity contribution in [3.05, 3.63) is 12.2 Å². The van der Waals surface area contributed by atoms with Crippen LogP contribution in [0.4, 0.5) is 0 Å². The first-order chi connectivity index (χ1) is 5.56. The van der Waals surface area contributed by atoms with Crippen molar-refractivity contribution in [2.75, 3.05) is 0 Å². The monoisotopic (exact) mass is 171 g/mol. The van der Waals surface area contributed by atoms with E-state index in [4.69, 9.17) is 5.11 Å². The normalized spacial score (nSPS) is 12.8. The molecule has 2 N–H and O–H groups in total. The molecule has 0 fully saturated rings. The van der Waals surface area contributed by atoms with Gasteiger partial charge in [0.05, 0.1) is 0 Å². The zero-order chi connectivity index (χ0) is 9.56. The molecular weight excluding hydrogens is 158 g/mol. The molecule has 1 amide bonds. The smallest absolute Gasteiger partial charge is 0.328 e. The minimum atomic E-state index is -1.12. The summed E-state index contributed by atoms with van der Waals surface area (Å²) in [7, 11) is 0. The van der Waals surface area contributed by atoms with E-state index in [2.05, 4.69) is 5.32 Å². The van der Waals surface area contributed by atoms with E-state index in [1.54, 1.807) is 0 Å². The SMILES string of the molecule is CC[C@H](C)NC(=O)/C=C\C(=O)O. The molecule has 4 nitrogen and oxygen atoms in total. The highest BCUT2D eigenvalue weighted by Gasteiger charge is 2.01. The van der Waals surface area contributed by atoms with Gasteiger partial charge in [-0.1, -0.05) is 6.92 Å². The predicted molar refractivity (Wildman–Crippen MR) is 44.7 cm³/mol. The summed E-state index contributed by atoms with van der Waals surface area (Å²) < 4.78 is 0. The first kappa shape index (κ1) is 10.7. The molecule has 0 aliphatic rings. The molecule has 0 spiro atoms. The Morgan fingerprint density at radius 3 is 2.50 bits per heavy atom. The van der Waals surface area contributed by atoms with E-state index < -0.39 is 5.97 Å². The van der Waals surface area contributed by atoms with E-state index in [-0.39, 0.29) is 11.9 Å². The lowest BCUT2D eigenvalue weighted by Gasteiger charge is -2.07. The van der Waals surface area contributed by atoms with Crippen LogP contribution in [0.5, 0.6) is 0 Å². The van der Waals surface area contributed by atoms with Crippen LogP contribution in [0, 0.1) is 0 Å². The maximum Gasteiger partial charge on any atom is 0.328 e. The molecule has 0 aromatic heterocycles. The third-order valence-corrected chi connectivity index (χ3v) is 1.38. The van der Waals surface area contributed by atoms with E-state index in [1.165, 1.54) is 0 Å². The average molecular weight is 171 g/mol. The Kier molecular flexibility index (Phi) is 4.76. The molecule has 0 unspecified atom stereocenters. The molecule has 1 atom stereocenters. The number of carboxylic acid groups (broad SMARTS) is 1. The van der Waals surface area contributed by atoms with Crippen molar-refractivity contribution in [1.82, 2.24) is 5.32 Å². The number of carbonyl (C=O) groups excluding carboxylic acids is 1. The van der Waals surface area contributed by atoms with Gasteiger partial charge in [-0.15, -0.1) is 0 Å². The van der Waals surface area contributed by atoms with Crippen molar-refractivity contribution in [1.29, 1.82) is 0 Å². The van der Waals surface area contributed by atoms with Gasteiger partial charge < -0.3 is 10.4 Å². The van der Waals surface area contributed by atoms with Crippen molar-refractivity contribution < 1.29 is 14.7 Å². The van der Waals surface area contributed by atoms with Crippen LogP contribution >= 0.6 is 0 Å². The lowest BCUT2D eigenvalue weighted by atomic mass is 10.2. The van der Waals surface area contributed by atoms with Gasteiger partial charge in [0.25, 0.3) is 0 Å². The van der Waals surface area contributed by atoms with E-state index in [0.717, 1.165) is 18.6 Å². The highest BCUT2D eigenvalue weighted by molar-refractivity contribution is 5.93. The standard InChI is InChI=1S/C8H13NO3/c1-3-6(2)9-7(10)4-5-8(11)12/h4-6H,3H2,1-2H3,(H,9,10)(H,11,12)/b5-4-/t6-/m0/s1. The molecule has 0 saturated carbocycles. The van der Waals surface area contributed by atoms with Crippen molar-refractivity contribution in [3.8, 4) is 0 Å². The van der Waals surface area contributed by atoms with Crippen molar-refractivity contribution in [2.24, 2.45) is 0 Å². The molecular formula is C8H13NO3. The van der Waals surface area contributed by atoms with Crippen LogP contribution < -0.4 is 5.32 Å². The van der Waals surface area contributed by atoms with Gasteiger partial charge in [0.2, 0.25) is 5.91 Å². The summed E-state index contributed by atoms with van der Waals surface area (Å²) in [5.74, 6) is -1.49. The molecule has 68 valence electrons. The Morgan fingerprint density at radius 2 is 2.08 bits per heavy atom. The van der Waals surface area contributed by atoms with Crippen LogP contribution in [-0.4, -0.2) is 23.0 Å². The second kappa shape index (κ2) is 5.35. The number of carboxylic acids is 1. The fourth-order valence-corrected chi connectivity index (χ4v) is 0.540. The van der Waals surface area contributed by atoms with Gasteiger partial charge in [-0.25, -0.2) is 4.79 Å². The molecule has 0 bridgehead atoms. The summed E-state index contributed by atoms with van der Waals surface area (Å²) in [6.07, 6.45) is 2.65. The summed E-state index contributed by atoms with van der Waals surface area (Å²) in [5, 5.41) is 10.8. The second-order valence-corrected chi connectivity index (χ2v) is 2.49. The molecule has 0 aromatic carbocycles. The number of rotatable bonds is 4. The topological polar surface area (TPSA) is 66.4 Å². The summed E-state index contributed by atoms with van der Waals surface area (Å²) >= 11 is 0. The zero-order valence-corrected chi connectivity index (χ0v) is 7.20. The first-order valence-electron chi connectivity index (χ1n) is 3.77. The Hall–Kier alpha value is -1.32. The zero-order valence-electron chi connectivity index (χ0n) is 7.20. The van der Waals surface area contributed by atoms with Gasteiger partial charge in [0, 0.05) is 18.2 Å². The number of nitrogens with one attached hydrogen (secondary N) is 1. The molecule has 0 aliphatic carbocycles. The lowest BCUT2D eigenvalue weighted by Crippen LogP contribution is -2.30. The predicted octanol–water partition coefficient (Wildman–Crippen LogP) is 0.542. The van der Waals surface area contributed by atoms with E-state index in [1.807, 2.05) is 13.8 Å². The minimum Gasteiger partial charge on any atom is -0.478 e. The number of amides is 1. The molecule has 0 heterocycles. The van der Waals surface area contributed by atoms with E-state index >= 15 is 0 Å². The fourth-order valence-electron chi connectivity index (χ4n) is 0.540. The van der Waals surface area contributed by atoms with Crippen molar-refractivity contribution in [2.45, 2.75) is 26.3 Å². The van der Waals surface area contributed by atoms with Gasteiger partial charge in [0.1, 0.15) is 0 Å².